The summed E-state index contributed by atoms with van der Waals surface area (Å²) in [6.45, 7) is 2.66. The number of pyridine rings is 1. The van der Waals surface area contributed by atoms with E-state index in [0.29, 0.717) is 12.5 Å². The predicted molar refractivity (Wildman–Crippen MR) is 107 cm³/mol. The molecular formula is C22H23NO2S. The summed E-state index contributed by atoms with van der Waals surface area (Å²) in [7, 11) is 1.62. The van der Waals surface area contributed by atoms with E-state index in [9.17, 15) is 0 Å². The van der Waals surface area contributed by atoms with Gasteiger partial charge in [-0.25, -0.2) is 4.98 Å². The maximum atomic E-state index is 6.11. The first kappa shape index (κ1) is 18.3. The monoisotopic (exact) mass is 365 g/mol. The zero-order chi connectivity index (χ0) is 18.2. The van der Waals surface area contributed by atoms with Crippen LogP contribution in [-0.2, 0) is 18.8 Å². The van der Waals surface area contributed by atoms with Gasteiger partial charge in [-0.2, -0.15) is 0 Å². The minimum atomic E-state index is 0.489. The quantitative estimate of drug-likeness (QED) is 0.492. The topological polar surface area (TPSA) is 31.4 Å². The van der Waals surface area contributed by atoms with Crippen molar-refractivity contribution >= 4 is 11.8 Å². The fraction of sp³-hybridized carbons (Fsp3) is 0.227. The first-order valence-electron chi connectivity index (χ1n) is 8.70. The average Bonchev–Trinajstić information content (AvgIpc) is 2.72. The van der Waals surface area contributed by atoms with Gasteiger partial charge in [-0.05, 0) is 41.3 Å². The number of hydrogen-bond donors (Lipinski definition) is 0. The molecule has 0 spiro atoms. The van der Waals surface area contributed by atoms with Crippen LogP contribution >= 0.6 is 11.8 Å². The summed E-state index contributed by atoms with van der Waals surface area (Å²) >= 11 is 1.81. The second-order valence-electron chi connectivity index (χ2n) is 5.90. The molecule has 134 valence electrons. The third-order valence-electron chi connectivity index (χ3n) is 4.06. The first-order chi connectivity index (χ1) is 12.8. The van der Waals surface area contributed by atoms with E-state index in [4.69, 9.17) is 9.47 Å². The summed E-state index contributed by atoms with van der Waals surface area (Å²) in [6, 6.07) is 20.8. The molecule has 3 rings (SSSR count). The molecule has 0 N–H and O–H groups in total. The Hall–Kier alpha value is -2.46. The number of hydrogen-bond acceptors (Lipinski definition) is 4. The third kappa shape index (κ3) is 5.02. The number of aromatic nitrogens is 1. The lowest BCUT2D eigenvalue weighted by Crippen LogP contribution is -1.99. The largest absolute Gasteiger partial charge is 0.488 e. The second-order valence-corrected chi connectivity index (χ2v) is 6.92. The molecule has 0 saturated carbocycles. The number of nitrogens with zero attached hydrogens (tertiary/aromatic N) is 1. The van der Waals surface area contributed by atoms with Gasteiger partial charge in [0.2, 0.25) is 5.88 Å². The van der Waals surface area contributed by atoms with Crippen LogP contribution in [-0.4, -0.2) is 12.1 Å². The van der Waals surface area contributed by atoms with Crippen LogP contribution in [0.1, 0.15) is 23.6 Å². The summed E-state index contributed by atoms with van der Waals surface area (Å²) < 4.78 is 11.3. The van der Waals surface area contributed by atoms with Crippen LogP contribution in [0.25, 0.3) is 0 Å². The van der Waals surface area contributed by atoms with Crippen LogP contribution in [0.5, 0.6) is 11.6 Å². The smallest absolute Gasteiger partial charge is 0.213 e. The summed E-state index contributed by atoms with van der Waals surface area (Å²) in [5.41, 5.74) is 3.66. The molecule has 0 aliphatic heterocycles. The molecule has 1 heterocycles. The van der Waals surface area contributed by atoms with Crippen molar-refractivity contribution in [3.63, 3.8) is 0 Å². The highest BCUT2D eigenvalue weighted by Crippen LogP contribution is 2.33. The van der Waals surface area contributed by atoms with E-state index in [1.165, 1.54) is 16.0 Å². The van der Waals surface area contributed by atoms with Crippen molar-refractivity contribution < 1.29 is 9.47 Å². The second kappa shape index (κ2) is 9.30. The van der Waals surface area contributed by atoms with Gasteiger partial charge in [-0.1, -0.05) is 43.3 Å². The highest BCUT2D eigenvalue weighted by Gasteiger charge is 2.08. The molecule has 0 fully saturated rings. The average molecular weight is 365 g/mol. The zero-order valence-electron chi connectivity index (χ0n) is 15.1. The molecule has 0 radical (unpaired) electrons. The summed E-state index contributed by atoms with van der Waals surface area (Å²) in [4.78, 5) is 5.31. The number of ether oxygens (including phenoxy) is 2. The number of rotatable bonds is 8. The van der Waals surface area contributed by atoms with Crippen molar-refractivity contribution in [1.29, 1.82) is 0 Å². The van der Waals surface area contributed by atoms with Gasteiger partial charge in [0.1, 0.15) is 12.4 Å². The SMILES string of the molecule is CCc1ccc(OCc2ccnc(OC)c2)c(SCc2ccccc2)c1. The lowest BCUT2D eigenvalue weighted by molar-refractivity contribution is 0.297. The Morgan fingerprint density at radius 3 is 2.54 bits per heavy atom. The molecule has 26 heavy (non-hydrogen) atoms. The van der Waals surface area contributed by atoms with E-state index < -0.39 is 0 Å². The molecule has 0 aliphatic carbocycles. The number of benzene rings is 2. The highest BCUT2D eigenvalue weighted by molar-refractivity contribution is 7.98. The van der Waals surface area contributed by atoms with Crippen LogP contribution < -0.4 is 9.47 Å². The molecule has 2 aromatic carbocycles. The van der Waals surface area contributed by atoms with Gasteiger partial charge in [0.25, 0.3) is 0 Å². The fourth-order valence-corrected chi connectivity index (χ4v) is 3.57. The molecule has 3 nitrogen and oxygen atoms in total. The fourth-order valence-electron chi connectivity index (χ4n) is 2.55. The van der Waals surface area contributed by atoms with Gasteiger partial charge in [-0.15, -0.1) is 11.8 Å². The van der Waals surface area contributed by atoms with Gasteiger partial charge in [0, 0.05) is 22.9 Å². The van der Waals surface area contributed by atoms with Crippen molar-refractivity contribution in [2.75, 3.05) is 7.11 Å². The lowest BCUT2D eigenvalue weighted by atomic mass is 10.2. The van der Waals surface area contributed by atoms with Gasteiger partial charge in [0.05, 0.1) is 7.11 Å². The zero-order valence-corrected chi connectivity index (χ0v) is 16.0. The molecular weight excluding hydrogens is 342 g/mol. The lowest BCUT2D eigenvalue weighted by Gasteiger charge is -2.13. The van der Waals surface area contributed by atoms with Crippen LogP contribution in [0.3, 0.4) is 0 Å². The summed E-state index contributed by atoms with van der Waals surface area (Å²) in [6.07, 6.45) is 2.75. The molecule has 4 heteroatoms. The van der Waals surface area contributed by atoms with Gasteiger partial charge < -0.3 is 9.47 Å². The molecule has 0 amide bonds. The Morgan fingerprint density at radius 1 is 0.923 bits per heavy atom. The van der Waals surface area contributed by atoms with E-state index in [0.717, 1.165) is 23.5 Å². The van der Waals surface area contributed by atoms with Crippen molar-refractivity contribution in [3.8, 4) is 11.6 Å². The molecule has 0 unspecified atom stereocenters. The molecule has 0 aliphatic rings. The Bertz CT molecular complexity index is 837. The standard InChI is InChI=1S/C22H23NO2S/c1-3-17-9-10-20(25-15-19-11-12-23-22(14-19)24-2)21(13-17)26-16-18-7-5-4-6-8-18/h4-14H,3,15-16H2,1-2H3. The molecule has 1 aromatic heterocycles. The Labute approximate surface area is 159 Å². The van der Waals surface area contributed by atoms with Crippen molar-refractivity contribution in [1.82, 2.24) is 4.98 Å². The van der Waals surface area contributed by atoms with E-state index >= 15 is 0 Å². The predicted octanol–water partition coefficient (Wildman–Crippen LogP) is 5.52. The molecule has 0 bridgehead atoms. The maximum Gasteiger partial charge on any atom is 0.213 e. The highest BCUT2D eigenvalue weighted by atomic mass is 32.2. The number of aryl methyl sites for hydroxylation is 1. The van der Waals surface area contributed by atoms with Crippen molar-refractivity contribution in [2.24, 2.45) is 0 Å². The van der Waals surface area contributed by atoms with E-state index in [-0.39, 0.29) is 0 Å². The molecule has 3 aromatic rings. The third-order valence-corrected chi connectivity index (χ3v) is 5.16. The number of thioether (sulfide) groups is 1. The van der Waals surface area contributed by atoms with Crippen molar-refractivity contribution in [2.45, 2.75) is 30.6 Å². The minimum absolute atomic E-state index is 0.489. The Balaban J connectivity index is 1.72. The van der Waals surface area contributed by atoms with Crippen LogP contribution in [0.2, 0.25) is 0 Å². The van der Waals surface area contributed by atoms with E-state index in [1.807, 2.05) is 30.0 Å². The normalized spacial score (nSPS) is 10.5. The van der Waals surface area contributed by atoms with Gasteiger partial charge in [0.15, 0.2) is 0 Å². The van der Waals surface area contributed by atoms with Crippen LogP contribution in [0, 0.1) is 0 Å². The van der Waals surface area contributed by atoms with Crippen LogP contribution in [0.15, 0.2) is 71.8 Å². The Kier molecular flexibility index (Phi) is 6.56. The summed E-state index contributed by atoms with van der Waals surface area (Å²) in [5, 5.41) is 0. The molecule has 0 saturated heterocycles. The van der Waals surface area contributed by atoms with E-state index in [1.54, 1.807) is 13.3 Å². The summed E-state index contributed by atoms with van der Waals surface area (Å²) in [5.74, 6) is 2.44. The van der Waals surface area contributed by atoms with Crippen LogP contribution in [0.4, 0.5) is 0 Å². The first-order valence-corrected chi connectivity index (χ1v) is 9.68. The minimum Gasteiger partial charge on any atom is -0.488 e. The Morgan fingerprint density at radius 2 is 1.77 bits per heavy atom. The maximum absolute atomic E-state index is 6.11. The van der Waals surface area contributed by atoms with E-state index in [2.05, 4.69) is 54.4 Å². The van der Waals surface area contributed by atoms with Gasteiger partial charge in [-0.3, -0.25) is 0 Å². The number of methoxy groups -OCH3 is 1. The van der Waals surface area contributed by atoms with Crippen molar-refractivity contribution in [3.05, 3.63) is 83.6 Å². The molecule has 0 atom stereocenters. The van der Waals surface area contributed by atoms with Gasteiger partial charge >= 0.3 is 0 Å².